The number of allylic oxidation sites excluding steroid dienone is 1. The molecule has 3 rings (SSSR count). The Kier molecular flexibility index (Phi) is 13.9. The van der Waals surface area contributed by atoms with Crippen molar-refractivity contribution in [2.45, 2.75) is 19.9 Å². The van der Waals surface area contributed by atoms with Gasteiger partial charge in [0.05, 0.1) is 34.0 Å². The molecular weight excluding hydrogens is 542 g/mol. The third-order valence-electron chi connectivity index (χ3n) is 5.19. The van der Waals surface area contributed by atoms with Crippen molar-refractivity contribution in [3.05, 3.63) is 88.1 Å². The fourth-order valence-electron chi connectivity index (χ4n) is 3.15. The zero-order chi connectivity index (χ0) is 31.1. The highest BCUT2D eigenvalue weighted by Gasteiger charge is 2.30. The van der Waals surface area contributed by atoms with Gasteiger partial charge in [-0.25, -0.2) is 23.4 Å². The summed E-state index contributed by atoms with van der Waals surface area (Å²) in [5, 5.41) is 9.17. The molecule has 0 amide bonds. The molecule has 2 aromatic rings. The summed E-state index contributed by atoms with van der Waals surface area (Å²) in [5.74, 6) is -2.30. The monoisotopic (exact) mass is 574 g/mol. The Morgan fingerprint density at radius 1 is 0.927 bits per heavy atom. The number of ketones is 1. The van der Waals surface area contributed by atoms with Crippen LogP contribution >= 0.6 is 0 Å². The minimum atomic E-state index is -0.697. The number of amidine groups is 2. The number of rotatable bonds is 5. The van der Waals surface area contributed by atoms with Crippen LogP contribution in [0.15, 0.2) is 70.4 Å². The van der Waals surface area contributed by atoms with Gasteiger partial charge in [-0.15, -0.1) is 0 Å². The summed E-state index contributed by atoms with van der Waals surface area (Å²) in [6, 6.07) is 10.7. The number of aliphatic imine (C=N–C) groups is 1. The number of halogens is 2. The molecule has 13 heteroatoms. The third-order valence-corrected chi connectivity index (χ3v) is 5.19. The van der Waals surface area contributed by atoms with E-state index in [0.29, 0.717) is 28.4 Å². The van der Waals surface area contributed by atoms with E-state index in [9.17, 15) is 23.2 Å². The number of methoxy groups -OCH3 is 4. The van der Waals surface area contributed by atoms with Gasteiger partial charge in [0.2, 0.25) is 0 Å². The molecule has 0 spiro atoms. The Morgan fingerprint density at radius 2 is 1.44 bits per heavy atom. The molecular formula is C28H32F2N4O7. The van der Waals surface area contributed by atoms with Gasteiger partial charge in [-0.2, -0.15) is 0 Å². The number of nitrogens with one attached hydrogen (secondary N) is 2. The highest BCUT2D eigenvalue weighted by atomic mass is 19.1. The van der Waals surface area contributed by atoms with Gasteiger partial charge < -0.3 is 30.0 Å². The van der Waals surface area contributed by atoms with Gasteiger partial charge >= 0.3 is 11.9 Å². The van der Waals surface area contributed by atoms with E-state index in [4.69, 9.17) is 14.9 Å². The molecule has 11 nitrogen and oxygen atoms in total. The second-order valence-corrected chi connectivity index (χ2v) is 7.97. The fourth-order valence-corrected chi connectivity index (χ4v) is 3.15. The Morgan fingerprint density at radius 3 is 1.85 bits per heavy atom. The second-order valence-electron chi connectivity index (χ2n) is 7.97. The van der Waals surface area contributed by atoms with Crippen LogP contribution in [0.3, 0.4) is 0 Å². The van der Waals surface area contributed by atoms with E-state index in [1.165, 1.54) is 77.8 Å². The average molecular weight is 575 g/mol. The van der Waals surface area contributed by atoms with E-state index in [1.54, 1.807) is 19.1 Å². The first-order valence-corrected chi connectivity index (χ1v) is 11.8. The molecule has 1 atom stereocenters. The summed E-state index contributed by atoms with van der Waals surface area (Å²) in [6.45, 7) is 3.00. The van der Waals surface area contributed by atoms with Gasteiger partial charge in [0.1, 0.15) is 23.2 Å². The minimum Gasteiger partial charge on any atom is -0.469 e. The normalized spacial score (nSPS) is 14.0. The van der Waals surface area contributed by atoms with Gasteiger partial charge in [0, 0.05) is 5.70 Å². The van der Waals surface area contributed by atoms with E-state index < -0.39 is 23.8 Å². The van der Waals surface area contributed by atoms with Crippen molar-refractivity contribution in [2.75, 3.05) is 28.4 Å². The van der Waals surface area contributed by atoms with Gasteiger partial charge in [-0.05, 0) is 55.3 Å². The summed E-state index contributed by atoms with van der Waals surface area (Å²) in [6.07, 6.45) is 1.37. The van der Waals surface area contributed by atoms with Crippen molar-refractivity contribution in [1.82, 2.24) is 5.32 Å². The molecule has 0 aliphatic carbocycles. The van der Waals surface area contributed by atoms with Crippen LogP contribution in [0.4, 0.5) is 8.78 Å². The molecule has 1 aliphatic rings. The average Bonchev–Trinajstić information content (AvgIpc) is 2.96. The number of carbonyl (C=O) groups excluding carboxylic acids is 3. The van der Waals surface area contributed by atoms with Crippen molar-refractivity contribution in [3.8, 4) is 0 Å². The largest absolute Gasteiger partial charge is 0.469 e. The first kappa shape index (κ1) is 34.0. The summed E-state index contributed by atoms with van der Waals surface area (Å²) in [7, 11) is 5.33. The van der Waals surface area contributed by atoms with Crippen LogP contribution in [0.2, 0.25) is 0 Å². The Labute approximate surface area is 236 Å². The topological polar surface area (TPSA) is 162 Å². The first-order valence-electron chi connectivity index (χ1n) is 11.8. The zero-order valence-electron chi connectivity index (χ0n) is 23.4. The summed E-state index contributed by atoms with van der Waals surface area (Å²) >= 11 is 0. The number of benzene rings is 2. The fraction of sp³-hybridized carbons (Fsp3) is 0.250. The molecule has 0 fully saturated rings. The number of Topliss-reactive ketones (excluding diaryl/α,β-unsaturated/α-hetero) is 1. The number of esters is 2. The molecule has 4 N–H and O–H groups in total. The lowest BCUT2D eigenvalue weighted by atomic mass is 9.96. The van der Waals surface area contributed by atoms with Gasteiger partial charge in [0.15, 0.2) is 5.78 Å². The Bertz CT molecular complexity index is 1320. The number of nitrogens with two attached hydrogens (primary N) is 1. The highest BCUT2D eigenvalue weighted by Crippen LogP contribution is 2.31. The molecule has 0 radical (unpaired) electrons. The third kappa shape index (κ3) is 10.9. The standard InChI is InChI=1S/C14H15FN2O3.C12H11FO3.C2H6N2O/c1-8-11(13(18)19-2)12(17-14(16-8)20-3)9-4-6-10(15)7-5-9;1-8(14)11(12(15)16-2)7-9-3-5-10(13)6-4-9;1-5-2(3)4/h4-7,12H,1-3H3,(H,16,17);3-7H,1-2H3;1H3,(H3,3,4)/b;11-7-;. The SMILES string of the molecule is COC(=N)N.COC(=O)/C(=C\c1ccc(F)cc1)C(C)=O.COC(=O)C1=C(C)NC(OC)=NC1c1ccc(F)cc1. The maximum atomic E-state index is 13.0. The molecule has 41 heavy (non-hydrogen) atoms. The molecule has 1 aliphatic heterocycles. The molecule has 0 saturated heterocycles. The lowest BCUT2D eigenvalue weighted by Gasteiger charge is -2.24. The van der Waals surface area contributed by atoms with Crippen LogP contribution in [-0.4, -0.2) is 58.2 Å². The number of nitrogens with zero attached hydrogens (tertiary/aromatic N) is 1. The molecule has 2 aromatic carbocycles. The van der Waals surface area contributed by atoms with Crippen LogP contribution in [0.5, 0.6) is 0 Å². The molecule has 1 unspecified atom stereocenters. The Hall–Kier alpha value is -5.07. The molecule has 1 heterocycles. The lowest BCUT2D eigenvalue weighted by molar-refractivity contribution is -0.138. The molecule has 0 saturated carbocycles. The van der Waals surface area contributed by atoms with E-state index in [-0.39, 0.29) is 23.2 Å². The van der Waals surface area contributed by atoms with Gasteiger partial charge in [-0.1, -0.05) is 24.3 Å². The maximum Gasteiger partial charge on any atom is 0.341 e. The predicted octanol–water partition coefficient (Wildman–Crippen LogP) is 3.42. The van der Waals surface area contributed by atoms with Crippen LogP contribution < -0.4 is 11.1 Å². The van der Waals surface area contributed by atoms with E-state index in [0.717, 1.165) is 0 Å². The number of carbonyl (C=O) groups is 3. The number of ether oxygens (including phenoxy) is 4. The number of hydrogen-bond acceptors (Lipinski definition) is 10. The predicted molar refractivity (Wildman–Crippen MR) is 147 cm³/mol. The Balaban J connectivity index is 0.000000359. The van der Waals surface area contributed by atoms with E-state index in [2.05, 4.69) is 25.5 Å². The van der Waals surface area contributed by atoms with Gasteiger partial charge in [-0.3, -0.25) is 10.2 Å². The van der Waals surface area contributed by atoms with Crippen molar-refractivity contribution in [3.63, 3.8) is 0 Å². The van der Waals surface area contributed by atoms with Gasteiger partial charge in [0.25, 0.3) is 12.0 Å². The molecule has 0 bridgehead atoms. The van der Waals surface area contributed by atoms with Crippen molar-refractivity contribution >= 4 is 35.8 Å². The van der Waals surface area contributed by atoms with Crippen LogP contribution in [0.25, 0.3) is 6.08 Å². The van der Waals surface area contributed by atoms with Crippen molar-refractivity contribution in [1.29, 1.82) is 5.41 Å². The van der Waals surface area contributed by atoms with Crippen LogP contribution in [0.1, 0.15) is 31.0 Å². The van der Waals surface area contributed by atoms with Crippen LogP contribution in [-0.2, 0) is 33.3 Å². The minimum absolute atomic E-state index is 0.0610. The van der Waals surface area contributed by atoms with E-state index in [1.807, 2.05) is 0 Å². The van der Waals surface area contributed by atoms with Crippen molar-refractivity contribution < 1.29 is 42.1 Å². The number of hydrogen-bond donors (Lipinski definition) is 3. The first-order chi connectivity index (χ1) is 19.4. The molecule has 220 valence electrons. The van der Waals surface area contributed by atoms with Crippen molar-refractivity contribution in [2.24, 2.45) is 10.7 Å². The quantitative estimate of drug-likeness (QED) is 0.121. The van der Waals surface area contributed by atoms with Crippen LogP contribution in [0, 0.1) is 17.0 Å². The highest BCUT2D eigenvalue weighted by molar-refractivity contribution is 6.19. The summed E-state index contributed by atoms with van der Waals surface area (Å²) in [5.41, 5.74) is 6.81. The summed E-state index contributed by atoms with van der Waals surface area (Å²) in [4.78, 5) is 38.6. The molecule has 0 aromatic heterocycles. The smallest absolute Gasteiger partial charge is 0.341 e. The van der Waals surface area contributed by atoms with E-state index >= 15 is 0 Å². The summed E-state index contributed by atoms with van der Waals surface area (Å²) < 4.78 is 44.1. The maximum absolute atomic E-state index is 13.0. The second kappa shape index (κ2) is 16.8. The zero-order valence-corrected chi connectivity index (χ0v) is 23.4. The lowest BCUT2D eigenvalue weighted by Crippen LogP contribution is -2.32.